The minimum absolute atomic E-state index is 0.440. The van der Waals surface area contributed by atoms with Crippen LogP contribution in [0, 0.1) is 13.2 Å². The van der Waals surface area contributed by atoms with E-state index in [0.717, 1.165) is 0 Å². The Bertz CT molecular complexity index is 1050. The molecule has 0 spiro atoms. The van der Waals surface area contributed by atoms with E-state index in [-0.39, 0.29) is 0 Å². The Morgan fingerprint density at radius 2 is 1.19 bits per heavy atom. The quantitative estimate of drug-likeness (QED) is 0.317. The second kappa shape index (κ2) is 8.93. The molecule has 0 unspecified atom stereocenters. The van der Waals surface area contributed by atoms with Gasteiger partial charge in [0.2, 0.25) is 0 Å². The molecule has 4 rings (SSSR count). The van der Waals surface area contributed by atoms with Crippen LogP contribution >= 0.6 is 6.89 Å². The Balaban J connectivity index is 1.88. The SMILES string of the molecule is [CH2-]P(=C1[C]N(c2c(C(C)C)cccc2C(C)C)C=C1)(c1ccccc1)c1ccccc1. The summed E-state index contributed by atoms with van der Waals surface area (Å²) in [7, 11) is 0. The number of benzene rings is 3. The van der Waals surface area contributed by atoms with Gasteiger partial charge in [-0.1, -0.05) is 107 Å². The molecule has 0 aromatic heterocycles. The van der Waals surface area contributed by atoms with Gasteiger partial charge < -0.3 is 11.6 Å². The summed E-state index contributed by atoms with van der Waals surface area (Å²) in [4.78, 5) is 2.21. The molecule has 0 N–H and O–H groups in total. The lowest BCUT2D eigenvalue weighted by atomic mass is 9.92. The molecule has 2 radical (unpaired) electrons. The highest BCUT2D eigenvalue weighted by Gasteiger charge is 2.25. The molecule has 0 amide bonds. The van der Waals surface area contributed by atoms with Crippen LogP contribution in [0.4, 0.5) is 5.69 Å². The zero-order chi connectivity index (χ0) is 22.0. The summed E-state index contributed by atoms with van der Waals surface area (Å²) in [5.74, 6) is 0.881. The fourth-order valence-electron chi connectivity index (χ4n) is 4.27. The van der Waals surface area contributed by atoms with Gasteiger partial charge in [-0.25, -0.2) is 0 Å². The molecule has 3 aromatic carbocycles. The van der Waals surface area contributed by atoms with Gasteiger partial charge in [0.1, 0.15) is 6.54 Å². The van der Waals surface area contributed by atoms with Crippen molar-refractivity contribution in [3.05, 3.63) is 115 Å². The average Bonchev–Trinajstić information content (AvgIpc) is 3.29. The zero-order valence-corrected chi connectivity index (χ0v) is 19.8. The zero-order valence-electron chi connectivity index (χ0n) is 18.9. The van der Waals surface area contributed by atoms with E-state index in [1.807, 2.05) is 0 Å². The van der Waals surface area contributed by atoms with Crippen molar-refractivity contribution in [1.82, 2.24) is 0 Å². The maximum Gasteiger partial charge on any atom is 0.129 e. The average molecular weight is 425 g/mol. The predicted octanol–water partition coefficient (Wildman–Crippen LogP) is 6.94. The summed E-state index contributed by atoms with van der Waals surface area (Å²) < 4.78 is 0. The molecule has 2 heteroatoms. The van der Waals surface area contributed by atoms with E-state index in [0.29, 0.717) is 11.8 Å². The molecule has 1 nitrogen and oxygen atoms in total. The van der Waals surface area contributed by atoms with Crippen LogP contribution in [0.1, 0.15) is 50.7 Å². The lowest BCUT2D eigenvalue weighted by molar-refractivity contribution is 0.829. The molecule has 1 aliphatic heterocycles. The number of hydrogen-bond acceptors (Lipinski definition) is 1. The lowest BCUT2D eigenvalue weighted by Gasteiger charge is -2.34. The van der Waals surface area contributed by atoms with Crippen molar-refractivity contribution in [1.29, 1.82) is 0 Å². The first-order valence-corrected chi connectivity index (χ1v) is 13.0. The van der Waals surface area contributed by atoms with Crippen LogP contribution in [0.15, 0.2) is 91.1 Å². The predicted molar refractivity (Wildman–Crippen MR) is 139 cm³/mol. The minimum Gasteiger partial charge on any atom is -0.332 e. The van der Waals surface area contributed by atoms with E-state index in [2.05, 4.69) is 130 Å². The highest BCUT2D eigenvalue weighted by atomic mass is 31.2. The Morgan fingerprint density at radius 1 is 0.710 bits per heavy atom. The van der Waals surface area contributed by atoms with Crippen molar-refractivity contribution in [3.63, 3.8) is 0 Å². The fourth-order valence-corrected chi connectivity index (χ4v) is 7.08. The van der Waals surface area contributed by atoms with Crippen LogP contribution < -0.4 is 15.5 Å². The van der Waals surface area contributed by atoms with E-state index in [9.17, 15) is 0 Å². The van der Waals surface area contributed by atoms with Gasteiger partial charge in [0.05, 0.1) is 0 Å². The largest absolute Gasteiger partial charge is 0.332 e. The van der Waals surface area contributed by atoms with Crippen LogP contribution in [0.5, 0.6) is 0 Å². The Hall–Kier alpha value is -2.50. The van der Waals surface area contributed by atoms with Gasteiger partial charge in [-0.05, 0) is 44.9 Å². The molecule has 0 atom stereocenters. The summed E-state index contributed by atoms with van der Waals surface area (Å²) in [5, 5.41) is 3.73. The fraction of sp³-hybridized carbons (Fsp3) is 0.207. The molecule has 0 saturated heterocycles. The summed E-state index contributed by atoms with van der Waals surface area (Å²) in [6.45, 7) is 15.7. The van der Waals surface area contributed by atoms with Crippen molar-refractivity contribution in [3.8, 4) is 0 Å². The standard InChI is InChI=1S/C29H31NP/c1-22(2)27-17-12-18-28(23(3)4)29(27)30-20-19-26(21-30)31(5,24-13-8-6-9-14-24)25-15-10-7-11-16-25/h6-20,22-23H,5H2,1-4H3/q-1. The van der Waals surface area contributed by atoms with Crippen molar-refractivity contribution >= 4 is 28.5 Å². The smallest absolute Gasteiger partial charge is 0.129 e. The van der Waals surface area contributed by atoms with Crippen LogP contribution in [0.2, 0.25) is 0 Å². The van der Waals surface area contributed by atoms with Gasteiger partial charge in [0.15, 0.2) is 0 Å². The first-order valence-electron chi connectivity index (χ1n) is 11.0. The summed E-state index contributed by atoms with van der Waals surface area (Å²) in [6, 6.07) is 28.1. The molecule has 158 valence electrons. The van der Waals surface area contributed by atoms with E-state index in [1.165, 1.54) is 32.7 Å². The first-order chi connectivity index (χ1) is 14.9. The van der Waals surface area contributed by atoms with Gasteiger partial charge in [-0.2, -0.15) is 6.89 Å². The maximum absolute atomic E-state index is 4.87. The van der Waals surface area contributed by atoms with Crippen molar-refractivity contribution < 1.29 is 0 Å². The molecule has 31 heavy (non-hydrogen) atoms. The van der Waals surface area contributed by atoms with Gasteiger partial charge in [-0.3, -0.25) is 0 Å². The monoisotopic (exact) mass is 424 g/mol. The first kappa shape index (κ1) is 21.7. The molecule has 0 saturated carbocycles. The van der Waals surface area contributed by atoms with Crippen molar-refractivity contribution in [2.45, 2.75) is 39.5 Å². The minimum atomic E-state index is -2.03. The Kier molecular flexibility index (Phi) is 6.26. The number of rotatable bonds is 5. The van der Waals surface area contributed by atoms with Crippen molar-refractivity contribution in [2.24, 2.45) is 0 Å². The third-order valence-corrected chi connectivity index (χ3v) is 9.44. The molecule has 0 bridgehead atoms. The second-order valence-corrected chi connectivity index (χ2v) is 11.9. The van der Waals surface area contributed by atoms with E-state index < -0.39 is 6.89 Å². The topological polar surface area (TPSA) is 3.24 Å². The molecular formula is C29H31NP-. The van der Waals surface area contributed by atoms with Gasteiger partial charge in [0, 0.05) is 11.9 Å². The van der Waals surface area contributed by atoms with Crippen LogP contribution in [0.25, 0.3) is 0 Å². The second-order valence-electron chi connectivity index (χ2n) is 8.76. The molecule has 1 heterocycles. The van der Waals surface area contributed by atoms with E-state index in [4.69, 9.17) is 6.66 Å². The summed E-state index contributed by atoms with van der Waals surface area (Å²) in [5.41, 5.74) is 3.99. The maximum atomic E-state index is 4.87. The molecule has 0 aliphatic carbocycles. The van der Waals surface area contributed by atoms with Crippen LogP contribution in [0.3, 0.4) is 0 Å². The van der Waals surface area contributed by atoms with Crippen LogP contribution in [-0.2, 0) is 0 Å². The van der Waals surface area contributed by atoms with Gasteiger partial charge in [-0.15, -0.1) is 0 Å². The number of nitrogens with zero attached hydrogens (tertiary/aromatic N) is 1. The third-order valence-electron chi connectivity index (χ3n) is 6.01. The highest BCUT2D eigenvalue weighted by Crippen LogP contribution is 2.48. The van der Waals surface area contributed by atoms with E-state index >= 15 is 0 Å². The third kappa shape index (κ3) is 4.04. The summed E-state index contributed by atoms with van der Waals surface area (Å²) >= 11 is 0. The highest BCUT2D eigenvalue weighted by molar-refractivity contribution is 7.90. The molecule has 1 aliphatic rings. The molecule has 3 aromatic rings. The van der Waals surface area contributed by atoms with Gasteiger partial charge >= 0.3 is 0 Å². The van der Waals surface area contributed by atoms with Crippen LogP contribution in [-0.4, -0.2) is 5.29 Å². The van der Waals surface area contributed by atoms with E-state index in [1.54, 1.807) is 0 Å². The normalized spacial score (nSPS) is 14.2. The van der Waals surface area contributed by atoms with Gasteiger partial charge in [0.25, 0.3) is 0 Å². The lowest BCUT2D eigenvalue weighted by Crippen LogP contribution is -2.22. The Labute approximate surface area is 188 Å². The number of para-hydroxylation sites is 1. The molecule has 0 fully saturated rings. The Morgan fingerprint density at radius 3 is 1.65 bits per heavy atom. The summed E-state index contributed by atoms with van der Waals surface area (Å²) in [6.07, 6.45) is 4.40. The molecular weight excluding hydrogens is 393 g/mol. The van der Waals surface area contributed by atoms with Crippen molar-refractivity contribution in [2.75, 3.05) is 4.90 Å². The number of anilines is 1. The number of hydrogen-bond donors (Lipinski definition) is 0.